The summed E-state index contributed by atoms with van der Waals surface area (Å²) in [6.07, 6.45) is 2.53. The Morgan fingerprint density at radius 1 is 1.00 bits per heavy atom. The lowest BCUT2D eigenvalue weighted by Gasteiger charge is -2.36. The van der Waals surface area contributed by atoms with E-state index in [1.54, 1.807) is 6.08 Å². The van der Waals surface area contributed by atoms with Gasteiger partial charge in [0, 0.05) is 30.4 Å². The van der Waals surface area contributed by atoms with Gasteiger partial charge in [-0.2, -0.15) is 0 Å². The van der Waals surface area contributed by atoms with Crippen molar-refractivity contribution < 1.29 is 19.8 Å². The van der Waals surface area contributed by atoms with Gasteiger partial charge in [0.05, 0.1) is 11.8 Å². The fourth-order valence-corrected chi connectivity index (χ4v) is 4.28. The Balaban J connectivity index is 2.12. The minimum absolute atomic E-state index is 0.0240. The molecule has 3 rings (SSSR count). The molecule has 2 aliphatic rings. The van der Waals surface area contributed by atoms with Crippen LogP contribution in [0.1, 0.15) is 52.5 Å². The van der Waals surface area contributed by atoms with Crippen LogP contribution in [0.2, 0.25) is 0 Å². The smallest absolute Gasteiger partial charge is 0.164 e. The van der Waals surface area contributed by atoms with Gasteiger partial charge in [-0.1, -0.05) is 57.7 Å². The van der Waals surface area contributed by atoms with Gasteiger partial charge < -0.3 is 10.2 Å². The molecule has 1 aromatic rings. The number of rotatable bonds is 2. The fraction of sp³-hybridized carbons (Fsp3) is 0.440. The molecule has 0 bridgehead atoms. The molecule has 2 unspecified atom stereocenters. The van der Waals surface area contributed by atoms with Crippen molar-refractivity contribution in [2.24, 2.45) is 22.7 Å². The molecule has 2 atom stereocenters. The number of carbonyl (C=O) groups is 2. The van der Waals surface area contributed by atoms with Gasteiger partial charge in [-0.05, 0) is 29.0 Å². The van der Waals surface area contributed by atoms with Crippen LogP contribution in [0.5, 0.6) is 0 Å². The maximum Gasteiger partial charge on any atom is 0.164 e. The summed E-state index contributed by atoms with van der Waals surface area (Å²) in [4.78, 5) is 25.9. The second kappa shape index (κ2) is 7.55. The third-order valence-electron chi connectivity index (χ3n) is 5.52. The van der Waals surface area contributed by atoms with E-state index in [9.17, 15) is 19.8 Å². The Morgan fingerprint density at radius 3 is 2.24 bits per heavy atom. The first-order valence-electron chi connectivity index (χ1n) is 9.95. The normalized spacial score (nSPS) is 24.4. The molecule has 4 nitrogen and oxygen atoms in total. The molecule has 0 amide bonds. The van der Waals surface area contributed by atoms with Crippen LogP contribution in [0.15, 0.2) is 53.5 Å². The number of benzene rings is 1. The molecule has 0 spiro atoms. The highest BCUT2D eigenvalue weighted by molar-refractivity contribution is 6.00. The van der Waals surface area contributed by atoms with E-state index in [2.05, 4.69) is 11.8 Å². The molecule has 0 aliphatic heterocycles. The van der Waals surface area contributed by atoms with E-state index in [0.717, 1.165) is 5.56 Å². The van der Waals surface area contributed by atoms with E-state index in [-0.39, 0.29) is 46.9 Å². The average molecular weight is 392 g/mol. The van der Waals surface area contributed by atoms with Crippen molar-refractivity contribution in [3.05, 3.63) is 59.1 Å². The molecule has 0 heterocycles. The quantitative estimate of drug-likeness (QED) is 0.701. The first-order valence-corrected chi connectivity index (χ1v) is 9.95. The third kappa shape index (κ3) is 4.62. The molecule has 0 fully saturated rings. The maximum atomic E-state index is 13.0. The van der Waals surface area contributed by atoms with Crippen LogP contribution in [0.4, 0.5) is 0 Å². The number of hydrogen-bond donors (Lipinski definition) is 2. The minimum Gasteiger partial charge on any atom is -0.512 e. The molecular weight excluding hydrogens is 364 g/mol. The molecule has 4 heteroatoms. The number of carbonyl (C=O) groups excluding carboxylic acids is 2. The highest BCUT2D eigenvalue weighted by Gasteiger charge is 2.44. The maximum absolute atomic E-state index is 13.0. The van der Waals surface area contributed by atoms with Crippen LogP contribution in [0, 0.1) is 34.5 Å². The fourth-order valence-electron chi connectivity index (χ4n) is 4.28. The van der Waals surface area contributed by atoms with Crippen LogP contribution >= 0.6 is 0 Å². The van der Waals surface area contributed by atoms with Crippen molar-refractivity contribution in [3.8, 4) is 11.8 Å². The lowest BCUT2D eigenvalue weighted by molar-refractivity contribution is -0.126. The molecule has 2 aliphatic carbocycles. The van der Waals surface area contributed by atoms with Crippen LogP contribution in [-0.4, -0.2) is 21.8 Å². The second-order valence-corrected chi connectivity index (χ2v) is 9.59. The zero-order valence-corrected chi connectivity index (χ0v) is 17.5. The Labute approximate surface area is 172 Å². The van der Waals surface area contributed by atoms with Gasteiger partial charge in [-0.3, -0.25) is 9.59 Å². The van der Waals surface area contributed by atoms with Crippen molar-refractivity contribution in [1.82, 2.24) is 0 Å². The van der Waals surface area contributed by atoms with Gasteiger partial charge >= 0.3 is 0 Å². The van der Waals surface area contributed by atoms with E-state index < -0.39 is 17.3 Å². The standard InChI is InChI=1S/C25H28O4/c1-24(2)12-18(26)22(19(27)13-24)17(11-10-16-8-6-5-7-9-16)23-20(28)14-25(3,4)15-21(23)29/h5-9,12,17,22,26,28H,13-15H2,1-4H3. The van der Waals surface area contributed by atoms with Gasteiger partial charge in [0.25, 0.3) is 0 Å². The van der Waals surface area contributed by atoms with Crippen LogP contribution in [-0.2, 0) is 9.59 Å². The number of aliphatic hydroxyl groups is 2. The molecule has 0 saturated carbocycles. The molecule has 29 heavy (non-hydrogen) atoms. The van der Waals surface area contributed by atoms with Crippen LogP contribution < -0.4 is 0 Å². The van der Waals surface area contributed by atoms with E-state index in [4.69, 9.17) is 0 Å². The van der Waals surface area contributed by atoms with E-state index in [0.29, 0.717) is 6.42 Å². The minimum atomic E-state index is -0.943. The van der Waals surface area contributed by atoms with Crippen LogP contribution in [0.3, 0.4) is 0 Å². The number of ketones is 2. The summed E-state index contributed by atoms with van der Waals surface area (Å²) in [6, 6.07) is 9.27. The highest BCUT2D eigenvalue weighted by atomic mass is 16.3. The topological polar surface area (TPSA) is 74.6 Å². The molecule has 152 valence electrons. The van der Waals surface area contributed by atoms with Crippen molar-refractivity contribution in [1.29, 1.82) is 0 Å². The molecule has 2 N–H and O–H groups in total. The average Bonchev–Trinajstić information content (AvgIpc) is 2.56. The molecule has 0 radical (unpaired) electrons. The zero-order valence-electron chi connectivity index (χ0n) is 17.5. The zero-order chi connectivity index (χ0) is 21.4. The first kappa shape index (κ1) is 20.9. The van der Waals surface area contributed by atoms with E-state index in [1.165, 1.54) is 0 Å². The summed E-state index contributed by atoms with van der Waals surface area (Å²) in [7, 11) is 0. The van der Waals surface area contributed by atoms with Crippen molar-refractivity contribution >= 4 is 11.6 Å². The number of aliphatic hydroxyl groups excluding tert-OH is 2. The van der Waals surface area contributed by atoms with Crippen molar-refractivity contribution in [2.45, 2.75) is 47.0 Å². The summed E-state index contributed by atoms with van der Waals surface area (Å²) >= 11 is 0. The Morgan fingerprint density at radius 2 is 1.66 bits per heavy atom. The van der Waals surface area contributed by atoms with Gasteiger partial charge in [0.2, 0.25) is 0 Å². The van der Waals surface area contributed by atoms with Gasteiger partial charge in [-0.25, -0.2) is 0 Å². The largest absolute Gasteiger partial charge is 0.512 e. The summed E-state index contributed by atoms with van der Waals surface area (Å²) in [6.45, 7) is 7.61. The Bertz CT molecular complexity index is 952. The summed E-state index contributed by atoms with van der Waals surface area (Å²) in [5, 5.41) is 21.4. The predicted molar refractivity (Wildman–Crippen MR) is 112 cm³/mol. The summed E-state index contributed by atoms with van der Waals surface area (Å²) < 4.78 is 0. The molecule has 0 saturated heterocycles. The monoisotopic (exact) mass is 392 g/mol. The highest BCUT2D eigenvalue weighted by Crippen LogP contribution is 2.43. The molecule has 0 aromatic heterocycles. The van der Waals surface area contributed by atoms with E-state index >= 15 is 0 Å². The number of Topliss-reactive ketones (excluding diaryl/α,β-unsaturated/α-hetero) is 2. The first-order chi connectivity index (χ1) is 13.5. The Kier molecular flexibility index (Phi) is 5.45. The Hall–Kier alpha value is -2.80. The lowest BCUT2D eigenvalue weighted by atomic mass is 9.67. The molecule has 1 aromatic carbocycles. The second-order valence-electron chi connectivity index (χ2n) is 9.59. The van der Waals surface area contributed by atoms with Gasteiger partial charge in [0.1, 0.15) is 17.3 Å². The lowest BCUT2D eigenvalue weighted by Crippen LogP contribution is -2.38. The SMILES string of the molecule is CC1(C)C=C(O)C(C(C#Cc2ccccc2)C2=C(O)CC(C)(C)CC2=O)C(=O)C1. The van der Waals surface area contributed by atoms with Gasteiger partial charge in [0.15, 0.2) is 5.78 Å². The predicted octanol–water partition coefficient (Wildman–Crippen LogP) is 4.91. The summed E-state index contributed by atoms with van der Waals surface area (Å²) in [5.41, 5.74) is 0.113. The number of allylic oxidation sites excluding steroid dienone is 4. The molecular formula is C25H28O4. The van der Waals surface area contributed by atoms with Crippen LogP contribution in [0.25, 0.3) is 0 Å². The van der Waals surface area contributed by atoms with Gasteiger partial charge in [-0.15, -0.1) is 0 Å². The third-order valence-corrected chi connectivity index (χ3v) is 5.52. The van der Waals surface area contributed by atoms with Crippen molar-refractivity contribution in [3.63, 3.8) is 0 Å². The summed E-state index contributed by atoms with van der Waals surface area (Å²) in [5.74, 6) is 3.77. The number of hydrogen-bond acceptors (Lipinski definition) is 4. The van der Waals surface area contributed by atoms with Crippen molar-refractivity contribution in [2.75, 3.05) is 0 Å². The van der Waals surface area contributed by atoms with E-state index in [1.807, 2.05) is 58.0 Å².